The zero-order valence-electron chi connectivity index (χ0n) is 11.9. The molecule has 3 aromatic rings. The SMILES string of the molecule is Cc1ccc2c(Cl)c(Oc3cccc(C(F)(F)F)c3)nnc2c1. The van der Waals surface area contributed by atoms with Crippen molar-refractivity contribution >= 4 is 22.5 Å². The van der Waals surface area contributed by atoms with E-state index in [0.29, 0.717) is 10.9 Å². The molecule has 0 unspecified atom stereocenters. The minimum Gasteiger partial charge on any atom is -0.436 e. The molecule has 3 rings (SSSR count). The highest BCUT2D eigenvalue weighted by Gasteiger charge is 2.30. The second-order valence-electron chi connectivity index (χ2n) is 4.97. The quantitative estimate of drug-likeness (QED) is 0.627. The van der Waals surface area contributed by atoms with Gasteiger partial charge >= 0.3 is 6.18 Å². The number of ether oxygens (including phenoxy) is 1. The molecule has 2 aromatic carbocycles. The summed E-state index contributed by atoms with van der Waals surface area (Å²) < 4.78 is 43.5. The summed E-state index contributed by atoms with van der Waals surface area (Å²) in [4.78, 5) is 0. The van der Waals surface area contributed by atoms with Crippen LogP contribution in [0.1, 0.15) is 11.1 Å². The zero-order chi connectivity index (χ0) is 16.6. The van der Waals surface area contributed by atoms with Crippen LogP contribution in [0.4, 0.5) is 13.2 Å². The van der Waals surface area contributed by atoms with Gasteiger partial charge in [0.05, 0.1) is 11.1 Å². The lowest BCUT2D eigenvalue weighted by Gasteiger charge is -2.10. The average Bonchev–Trinajstić information content (AvgIpc) is 2.49. The summed E-state index contributed by atoms with van der Waals surface area (Å²) in [6, 6.07) is 9.92. The van der Waals surface area contributed by atoms with Gasteiger partial charge in [-0.2, -0.15) is 13.2 Å². The molecule has 0 radical (unpaired) electrons. The number of rotatable bonds is 2. The lowest BCUT2D eigenvalue weighted by atomic mass is 10.1. The Morgan fingerprint density at radius 3 is 2.57 bits per heavy atom. The molecule has 23 heavy (non-hydrogen) atoms. The summed E-state index contributed by atoms with van der Waals surface area (Å²) in [7, 11) is 0. The van der Waals surface area contributed by atoms with Crippen molar-refractivity contribution in [3.05, 3.63) is 58.6 Å². The monoisotopic (exact) mass is 338 g/mol. The first-order valence-electron chi connectivity index (χ1n) is 6.62. The second-order valence-corrected chi connectivity index (χ2v) is 5.35. The Hall–Kier alpha value is -2.34. The van der Waals surface area contributed by atoms with Crippen LogP contribution in [-0.4, -0.2) is 10.2 Å². The van der Waals surface area contributed by atoms with Gasteiger partial charge in [-0.3, -0.25) is 0 Å². The van der Waals surface area contributed by atoms with Crippen molar-refractivity contribution in [3.63, 3.8) is 0 Å². The molecule has 3 nitrogen and oxygen atoms in total. The molecule has 0 N–H and O–H groups in total. The highest BCUT2D eigenvalue weighted by molar-refractivity contribution is 6.36. The number of fused-ring (bicyclic) bond motifs is 1. The summed E-state index contributed by atoms with van der Waals surface area (Å²) in [5.41, 5.74) is 0.774. The van der Waals surface area contributed by atoms with Gasteiger partial charge in [-0.25, -0.2) is 0 Å². The molecule has 0 bridgehead atoms. The first-order chi connectivity index (χ1) is 10.8. The van der Waals surface area contributed by atoms with E-state index in [2.05, 4.69) is 10.2 Å². The minimum absolute atomic E-state index is 0.0116. The number of nitrogens with zero attached hydrogens (tertiary/aromatic N) is 2. The van der Waals surface area contributed by atoms with E-state index in [-0.39, 0.29) is 16.7 Å². The smallest absolute Gasteiger partial charge is 0.416 e. The number of alkyl halides is 3. The van der Waals surface area contributed by atoms with Gasteiger partial charge in [0.2, 0.25) is 0 Å². The lowest BCUT2D eigenvalue weighted by molar-refractivity contribution is -0.137. The third kappa shape index (κ3) is 3.22. The van der Waals surface area contributed by atoms with Crippen LogP contribution < -0.4 is 4.74 Å². The minimum atomic E-state index is -4.45. The third-order valence-electron chi connectivity index (χ3n) is 3.20. The maximum atomic E-state index is 12.7. The molecule has 0 amide bonds. The van der Waals surface area contributed by atoms with E-state index in [1.165, 1.54) is 12.1 Å². The summed E-state index contributed by atoms with van der Waals surface area (Å²) in [5, 5.41) is 8.66. The summed E-state index contributed by atoms with van der Waals surface area (Å²) in [6.07, 6.45) is -4.45. The fraction of sp³-hybridized carbons (Fsp3) is 0.125. The molecular formula is C16H10ClF3N2O. The Balaban J connectivity index is 1.99. The molecule has 0 saturated heterocycles. The average molecular weight is 339 g/mol. The van der Waals surface area contributed by atoms with Crippen LogP contribution in [0.15, 0.2) is 42.5 Å². The van der Waals surface area contributed by atoms with Crippen LogP contribution in [0.2, 0.25) is 5.02 Å². The molecule has 1 heterocycles. The summed E-state index contributed by atoms with van der Waals surface area (Å²) in [5.74, 6) is -0.0511. The van der Waals surface area contributed by atoms with E-state index >= 15 is 0 Å². The largest absolute Gasteiger partial charge is 0.436 e. The van der Waals surface area contributed by atoms with Gasteiger partial charge < -0.3 is 4.74 Å². The van der Waals surface area contributed by atoms with E-state index in [1.807, 2.05) is 19.1 Å². The topological polar surface area (TPSA) is 35.0 Å². The molecule has 0 atom stereocenters. The number of aromatic nitrogens is 2. The zero-order valence-corrected chi connectivity index (χ0v) is 12.6. The number of hydrogen-bond donors (Lipinski definition) is 0. The van der Waals surface area contributed by atoms with Crippen molar-refractivity contribution in [2.45, 2.75) is 13.1 Å². The normalized spacial score (nSPS) is 11.7. The number of halogens is 4. The van der Waals surface area contributed by atoms with Crippen molar-refractivity contribution in [2.75, 3.05) is 0 Å². The number of aryl methyl sites for hydroxylation is 1. The predicted octanol–water partition coefficient (Wildman–Crippen LogP) is 5.40. The van der Waals surface area contributed by atoms with Gasteiger partial charge in [0.15, 0.2) is 0 Å². The van der Waals surface area contributed by atoms with Crippen molar-refractivity contribution < 1.29 is 17.9 Å². The lowest BCUT2D eigenvalue weighted by Crippen LogP contribution is -2.04. The van der Waals surface area contributed by atoms with Gasteiger partial charge in [-0.05, 0) is 36.8 Å². The van der Waals surface area contributed by atoms with Crippen molar-refractivity contribution in [2.24, 2.45) is 0 Å². The summed E-state index contributed by atoms with van der Waals surface area (Å²) in [6.45, 7) is 1.90. The molecule has 0 aliphatic rings. The van der Waals surface area contributed by atoms with Crippen LogP contribution in [0.25, 0.3) is 10.9 Å². The Labute approximate surface area is 134 Å². The highest BCUT2D eigenvalue weighted by atomic mass is 35.5. The first-order valence-corrected chi connectivity index (χ1v) is 7.00. The Bertz CT molecular complexity index is 881. The Kier molecular flexibility index (Phi) is 3.85. The van der Waals surface area contributed by atoms with E-state index < -0.39 is 11.7 Å². The maximum absolute atomic E-state index is 12.7. The molecule has 0 spiro atoms. The first kappa shape index (κ1) is 15.6. The number of benzene rings is 2. The van der Waals surface area contributed by atoms with Gasteiger partial charge in [0.25, 0.3) is 5.88 Å². The molecule has 0 fully saturated rings. The number of hydrogen-bond acceptors (Lipinski definition) is 3. The molecule has 0 saturated carbocycles. The molecule has 118 valence electrons. The van der Waals surface area contributed by atoms with Crippen LogP contribution in [-0.2, 0) is 6.18 Å². The van der Waals surface area contributed by atoms with Crippen LogP contribution in [0.3, 0.4) is 0 Å². The second kappa shape index (κ2) is 5.70. The van der Waals surface area contributed by atoms with Gasteiger partial charge in [-0.15, -0.1) is 10.2 Å². The molecule has 0 aliphatic carbocycles. The summed E-state index contributed by atoms with van der Waals surface area (Å²) >= 11 is 6.22. The van der Waals surface area contributed by atoms with E-state index in [4.69, 9.17) is 16.3 Å². The van der Waals surface area contributed by atoms with Gasteiger partial charge in [-0.1, -0.05) is 29.8 Å². The standard InChI is InChI=1S/C16H10ClF3N2O/c1-9-5-6-12-13(7-9)21-22-15(14(12)17)23-11-4-2-3-10(8-11)16(18,19)20/h2-8H,1H3. The van der Waals surface area contributed by atoms with Crippen LogP contribution >= 0.6 is 11.6 Å². The van der Waals surface area contributed by atoms with Gasteiger partial charge in [0, 0.05) is 5.39 Å². The fourth-order valence-corrected chi connectivity index (χ4v) is 2.32. The Morgan fingerprint density at radius 2 is 1.83 bits per heavy atom. The van der Waals surface area contributed by atoms with E-state index in [1.54, 1.807) is 6.07 Å². The van der Waals surface area contributed by atoms with Gasteiger partial charge in [0.1, 0.15) is 10.8 Å². The highest BCUT2D eigenvalue weighted by Crippen LogP contribution is 2.35. The molecular weight excluding hydrogens is 329 g/mol. The van der Waals surface area contributed by atoms with Crippen LogP contribution in [0, 0.1) is 6.92 Å². The van der Waals surface area contributed by atoms with Crippen molar-refractivity contribution in [1.29, 1.82) is 0 Å². The molecule has 0 aliphatic heterocycles. The third-order valence-corrected chi connectivity index (χ3v) is 3.57. The maximum Gasteiger partial charge on any atom is 0.416 e. The molecule has 1 aromatic heterocycles. The Morgan fingerprint density at radius 1 is 1.04 bits per heavy atom. The van der Waals surface area contributed by atoms with Crippen molar-refractivity contribution in [3.8, 4) is 11.6 Å². The van der Waals surface area contributed by atoms with Crippen molar-refractivity contribution in [1.82, 2.24) is 10.2 Å². The molecule has 7 heteroatoms. The van der Waals surface area contributed by atoms with Crippen LogP contribution in [0.5, 0.6) is 11.6 Å². The fourth-order valence-electron chi connectivity index (χ4n) is 2.08. The van der Waals surface area contributed by atoms with E-state index in [9.17, 15) is 13.2 Å². The van der Waals surface area contributed by atoms with E-state index in [0.717, 1.165) is 17.7 Å². The predicted molar refractivity (Wildman–Crippen MR) is 80.8 cm³/mol.